The molecule has 0 N–H and O–H groups in total. The minimum absolute atomic E-state index is 0.0202. The topological polar surface area (TPSA) is 9.72 Å². The molecule has 0 atom stereocenters. The van der Waals surface area contributed by atoms with Crippen LogP contribution in [0.15, 0.2) is 164 Å². The van der Waals surface area contributed by atoms with Gasteiger partial charge in [0.15, 0.2) is 0 Å². The monoisotopic (exact) mass is 970 g/mol. The summed E-state index contributed by atoms with van der Waals surface area (Å²) in [6, 6.07) is 63.3. The average molecular weight is 970 g/mol. The lowest BCUT2D eigenvalue weighted by molar-refractivity contribution is 0.332. The molecule has 8 aromatic carbocycles. The molecule has 5 heteroatoms. The van der Waals surface area contributed by atoms with Crippen LogP contribution in [-0.2, 0) is 27.1 Å². The lowest BCUT2D eigenvalue weighted by Gasteiger charge is -2.48. The first-order valence-electron chi connectivity index (χ1n) is 26.9. The van der Waals surface area contributed by atoms with Gasteiger partial charge < -0.3 is 14.7 Å². The first-order chi connectivity index (χ1) is 34.8. The zero-order chi connectivity index (χ0) is 50.6. The largest absolute Gasteiger partial charge is 0.311 e. The fraction of sp³-hybridized carbons (Fsp3) is 0.294. The van der Waals surface area contributed by atoms with Crippen molar-refractivity contribution in [3.63, 3.8) is 0 Å². The van der Waals surface area contributed by atoms with Gasteiger partial charge in [0.1, 0.15) is 0 Å². The highest BCUT2D eigenvalue weighted by Gasteiger charge is 2.48. The molecule has 0 unspecified atom stereocenters. The van der Waals surface area contributed by atoms with Crippen LogP contribution in [0.25, 0.3) is 20.2 Å². The Bertz CT molecular complexity index is 3660. The van der Waals surface area contributed by atoms with Gasteiger partial charge in [0.25, 0.3) is 6.71 Å². The SMILES string of the molecule is CC(C)(C)c1cc2c3c(c1)N(c1cccc4c1sc1ccccc14)c1cc(N(c4ccccc4)c4ccccc4)ccc1B3c1cc3c(cc1N2c1ccc2c(c1)C(C)(C)CCC2(C)C)C(C)(C)CCC3(C)C. The van der Waals surface area contributed by atoms with Crippen LogP contribution in [-0.4, -0.2) is 6.71 Å². The molecule has 9 aromatic rings. The summed E-state index contributed by atoms with van der Waals surface area (Å²) in [6.07, 6.45) is 4.68. The summed E-state index contributed by atoms with van der Waals surface area (Å²) >= 11 is 1.92. The number of rotatable bonds is 5. The number of fused-ring (bicyclic) bond motifs is 9. The molecule has 0 amide bonds. The van der Waals surface area contributed by atoms with Crippen LogP contribution < -0.4 is 31.1 Å². The standard InChI is InChI=1S/C68H68BN3S/c1-64(2,3)43-37-59-62-60(38-43)72(56-27-20-26-49-48-25-18-19-28-61(48)73-63(49)56)57-40-47(70(44-21-14-12-15-22-44)45-23-16-13-17-24-45)30-32-54(57)69(62)55-41-52-53(68(10,11)36-35-67(52,8)9)42-58(55)71(59)46-29-31-50-51(39-46)66(6,7)34-33-65(50,4)5/h12-32,37-42H,33-36H2,1-11H3. The van der Waals surface area contributed by atoms with Gasteiger partial charge >= 0.3 is 0 Å². The van der Waals surface area contributed by atoms with E-state index in [4.69, 9.17) is 0 Å². The van der Waals surface area contributed by atoms with E-state index in [2.05, 4.69) is 255 Å². The number of thiophene rings is 1. The van der Waals surface area contributed by atoms with Gasteiger partial charge in [0, 0.05) is 61.0 Å². The summed E-state index contributed by atoms with van der Waals surface area (Å²) in [7, 11) is 0. The lowest BCUT2D eigenvalue weighted by Crippen LogP contribution is -2.62. The third-order valence-corrected chi connectivity index (χ3v) is 19.1. The average Bonchev–Trinajstić information content (AvgIpc) is 3.77. The van der Waals surface area contributed by atoms with E-state index < -0.39 is 0 Å². The Kier molecular flexibility index (Phi) is 10.1. The fourth-order valence-corrected chi connectivity index (χ4v) is 14.6. The maximum atomic E-state index is 2.72. The molecule has 0 fully saturated rings. The molecule has 0 bridgehead atoms. The molecule has 0 radical (unpaired) electrons. The van der Waals surface area contributed by atoms with Gasteiger partial charge in [-0.2, -0.15) is 0 Å². The molecule has 2 aliphatic heterocycles. The minimum atomic E-state index is -0.147. The van der Waals surface area contributed by atoms with E-state index in [9.17, 15) is 0 Å². The van der Waals surface area contributed by atoms with Crippen molar-refractivity contribution in [2.75, 3.05) is 14.7 Å². The van der Waals surface area contributed by atoms with Crippen LogP contribution in [0.4, 0.5) is 51.2 Å². The Labute approximate surface area is 438 Å². The molecule has 1 aromatic heterocycles. The first kappa shape index (κ1) is 46.2. The van der Waals surface area contributed by atoms with Crippen LogP contribution in [0.3, 0.4) is 0 Å². The highest BCUT2D eigenvalue weighted by Crippen LogP contribution is 2.54. The highest BCUT2D eigenvalue weighted by atomic mass is 32.1. The Morgan fingerprint density at radius 2 is 0.986 bits per heavy atom. The van der Waals surface area contributed by atoms with Gasteiger partial charge in [-0.15, -0.1) is 11.3 Å². The van der Waals surface area contributed by atoms with E-state index in [1.165, 1.54) is 111 Å². The predicted molar refractivity (Wildman–Crippen MR) is 317 cm³/mol. The van der Waals surface area contributed by atoms with Gasteiger partial charge in [-0.3, -0.25) is 0 Å². The van der Waals surface area contributed by atoms with Crippen molar-refractivity contribution in [2.45, 2.75) is 129 Å². The van der Waals surface area contributed by atoms with Crippen LogP contribution in [0, 0.1) is 0 Å². The van der Waals surface area contributed by atoms with E-state index in [0.29, 0.717) is 0 Å². The summed E-state index contributed by atoms with van der Waals surface area (Å²) in [4.78, 5) is 7.84. The van der Waals surface area contributed by atoms with Crippen molar-refractivity contribution in [3.05, 3.63) is 192 Å². The van der Waals surface area contributed by atoms with Crippen molar-refractivity contribution < 1.29 is 0 Å². The van der Waals surface area contributed by atoms with Crippen molar-refractivity contribution in [2.24, 2.45) is 0 Å². The highest BCUT2D eigenvalue weighted by molar-refractivity contribution is 7.26. The second-order valence-electron chi connectivity index (χ2n) is 25.5. The van der Waals surface area contributed by atoms with Gasteiger partial charge in [-0.1, -0.05) is 161 Å². The summed E-state index contributed by atoms with van der Waals surface area (Å²) in [5, 5.41) is 2.61. The van der Waals surface area contributed by atoms with Crippen molar-refractivity contribution >= 4 is 106 Å². The predicted octanol–water partition coefficient (Wildman–Crippen LogP) is 17.6. The van der Waals surface area contributed by atoms with Gasteiger partial charge in [-0.05, 0) is 176 Å². The van der Waals surface area contributed by atoms with Gasteiger partial charge in [-0.25, -0.2) is 0 Å². The maximum absolute atomic E-state index is 2.72. The molecule has 0 saturated carbocycles. The number of nitrogens with zero attached hydrogens (tertiary/aromatic N) is 3. The number of para-hydroxylation sites is 2. The van der Waals surface area contributed by atoms with E-state index in [-0.39, 0.29) is 33.8 Å². The molecule has 364 valence electrons. The number of hydrogen-bond acceptors (Lipinski definition) is 4. The quantitative estimate of drug-likeness (QED) is 0.159. The first-order valence-corrected chi connectivity index (χ1v) is 27.7. The van der Waals surface area contributed by atoms with Gasteiger partial charge in [0.05, 0.1) is 10.4 Å². The molecule has 13 rings (SSSR count). The van der Waals surface area contributed by atoms with E-state index in [1.54, 1.807) is 0 Å². The number of hydrogen-bond donors (Lipinski definition) is 0. The Hall–Kier alpha value is -6.56. The van der Waals surface area contributed by atoms with E-state index in [0.717, 1.165) is 29.9 Å². The molecule has 3 nitrogen and oxygen atoms in total. The fourth-order valence-electron chi connectivity index (χ4n) is 13.4. The summed E-state index contributed by atoms with van der Waals surface area (Å²) in [5.41, 5.74) is 22.5. The molecular weight excluding hydrogens is 902 g/mol. The normalized spacial score (nSPS) is 17.7. The zero-order valence-corrected chi connectivity index (χ0v) is 45.6. The van der Waals surface area contributed by atoms with E-state index in [1.807, 2.05) is 11.3 Å². The third kappa shape index (κ3) is 7.11. The Morgan fingerprint density at radius 3 is 1.63 bits per heavy atom. The van der Waals surface area contributed by atoms with Crippen molar-refractivity contribution in [1.82, 2.24) is 0 Å². The second kappa shape index (κ2) is 16.0. The molecule has 0 spiro atoms. The smallest absolute Gasteiger partial charge is 0.252 e. The van der Waals surface area contributed by atoms with E-state index >= 15 is 0 Å². The van der Waals surface area contributed by atoms with Crippen LogP contribution in [0.2, 0.25) is 0 Å². The van der Waals surface area contributed by atoms with Crippen molar-refractivity contribution in [3.8, 4) is 0 Å². The second-order valence-corrected chi connectivity index (χ2v) is 26.6. The lowest BCUT2D eigenvalue weighted by atomic mass is 9.33. The summed E-state index contributed by atoms with van der Waals surface area (Å²) in [6.45, 7) is 27.0. The maximum Gasteiger partial charge on any atom is 0.252 e. The minimum Gasteiger partial charge on any atom is -0.311 e. The van der Waals surface area contributed by atoms with Crippen LogP contribution >= 0.6 is 11.3 Å². The van der Waals surface area contributed by atoms with Crippen LogP contribution in [0.5, 0.6) is 0 Å². The zero-order valence-electron chi connectivity index (χ0n) is 44.7. The third-order valence-electron chi connectivity index (χ3n) is 17.9. The summed E-state index contributed by atoms with van der Waals surface area (Å²) < 4.78 is 2.62. The number of benzene rings is 8. The van der Waals surface area contributed by atoms with Crippen molar-refractivity contribution in [1.29, 1.82) is 0 Å². The summed E-state index contributed by atoms with van der Waals surface area (Å²) in [5.74, 6) is 0. The molecule has 3 heterocycles. The molecular formula is C68H68BN3S. The molecule has 2 aliphatic carbocycles. The molecule has 4 aliphatic rings. The Morgan fingerprint density at radius 1 is 0.438 bits per heavy atom. The molecule has 0 saturated heterocycles. The Balaban J connectivity index is 1.17. The van der Waals surface area contributed by atoms with Crippen LogP contribution in [0.1, 0.15) is 130 Å². The molecule has 73 heavy (non-hydrogen) atoms. The number of anilines is 9. The van der Waals surface area contributed by atoms with Gasteiger partial charge in [0.2, 0.25) is 0 Å².